The summed E-state index contributed by atoms with van der Waals surface area (Å²) < 4.78 is 29.5. The third kappa shape index (κ3) is 3.58. The smallest absolute Gasteiger partial charge is 0.338 e. The zero-order valence-electron chi connectivity index (χ0n) is 11.9. The highest BCUT2D eigenvalue weighted by molar-refractivity contribution is 5.89. The van der Waals surface area contributed by atoms with Crippen molar-refractivity contribution in [1.29, 1.82) is 0 Å². The van der Waals surface area contributed by atoms with Gasteiger partial charge in [0.25, 0.3) is 0 Å². The predicted molar refractivity (Wildman–Crippen MR) is 72.5 cm³/mol. The van der Waals surface area contributed by atoms with Crippen molar-refractivity contribution in [3.8, 4) is 0 Å². The van der Waals surface area contributed by atoms with Gasteiger partial charge in [-0.15, -0.1) is 0 Å². The Balaban J connectivity index is 1.94. The summed E-state index contributed by atoms with van der Waals surface area (Å²) in [6, 6.07) is 8.40. The van der Waals surface area contributed by atoms with Gasteiger partial charge in [0.05, 0.1) is 11.7 Å². The van der Waals surface area contributed by atoms with E-state index in [0.29, 0.717) is 5.56 Å². The summed E-state index contributed by atoms with van der Waals surface area (Å²) in [7, 11) is 1.42. The predicted octanol–water partition coefficient (Wildman–Crippen LogP) is 1.55. The molecule has 0 amide bonds. The number of carbonyl (C=O) groups excluding carboxylic acids is 1. The van der Waals surface area contributed by atoms with Crippen LogP contribution in [0.2, 0.25) is 0 Å². The Labute approximate surface area is 122 Å². The number of ether oxygens (including phenoxy) is 3. The van der Waals surface area contributed by atoms with Gasteiger partial charge in [-0.1, -0.05) is 25.1 Å². The van der Waals surface area contributed by atoms with Gasteiger partial charge >= 0.3 is 5.97 Å². The molecule has 1 heterocycles. The molecule has 1 aromatic carbocycles. The van der Waals surface area contributed by atoms with E-state index in [1.165, 1.54) is 7.11 Å². The molecular formula is C15H19FO5. The molecule has 5 nitrogen and oxygen atoms in total. The van der Waals surface area contributed by atoms with Gasteiger partial charge in [-0.05, 0) is 12.1 Å². The first-order chi connectivity index (χ1) is 10.0. The maximum atomic E-state index is 14.0. The number of halogens is 1. The van der Waals surface area contributed by atoms with Gasteiger partial charge in [0.15, 0.2) is 12.5 Å². The molecule has 0 aliphatic carbocycles. The van der Waals surface area contributed by atoms with Crippen molar-refractivity contribution in [2.45, 2.75) is 31.6 Å². The molecule has 5 atom stereocenters. The van der Waals surface area contributed by atoms with Gasteiger partial charge in [0, 0.05) is 13.0 Å². The number of benzene rings is 1. The highest BCUT2D eigenvalue weighted by Gasteiger charge is 2.44. The van der Waals surface area contributed by atoms with Gasteiger partial charge in [-0.2, -0.15) is 0 Å². The van der Waals surface area contributed by atoms with Crippen LogP contribution in [0.25, 0.3) is 0 Å². The summed E-state index contributed by atoms with van der Waals surface area (Å²) in [6.45, 7) is 1.36. The summed E-state index contributed by atoms with van der Waals surface area (Å²) in [4.78, 5) is 11.8. The van der Waals surface area contributed by atoms with E-state index in [1.807, 2.05) is 0 Å². The summed E-state index contributed by atoms with van der Waals surface area (Å²) in [5.74, 6) is -1.06. The van der Waals surface area contributed by atoms with Crippen LogP contribution < -0.4 is 0 Å². The molecule has 1 N–H and O–H groups in total. The van der Waals surface area contributed by atoms with Crippen molar-refractivity contribution in [1.82, 2.24) is 0 Å². The summed E-state index contributed by atoms with van der Waals surface area (Å²) in [5.41, 5.74) is 0.376. The van der Waals surface area contributed by atoms with Crippen molar-refractivity contribution in [3.63, 3.8) is 0 Å². The number of methoxy groups -OCH3 is 1. The van der Waals surface area contributed by atoms with Gasteiger partial charge in [-0.25, -0.2) is 9.18 Å². The second kappa shape index (κ2) is 6.98. The van der Waals surface area contributed by atoms with Gasteiger partial charge in [0.2, 0.25) is 0 Å². The molecule has 0 saturated carbocycles. The molecule has 21 heavy (non-hydrogen) atoms. The third-order valence-electron chi connectivity index (χ3n) is 3.58. The van der Waals surface area contributed by atoms with Crippen LogP contribution in [0.4, 0.5) is 4.39 Å². The maximum absolute atomic E-state index is 14.0. The number of carbonyl (C=O) groups is 1. The molecule has 1 saturated heterocycles. The number of rotatable bonds is 4. The molecule has 2 rings (SSSR count). The molecule has 5 unspecified atom stereocenters. The van der Waals surface area contributed by atoms with Crippen LogP contribution in [-0.4, -0.2) is 49.5 Å². The lowest BCUT2D eigenvalue weighted by molar-refractivity contribution is -0.262. The Bertz CT molecular complexity index is 464. The minimum atomic E-state index is -1.63. The molecule has 1 fully saturated rings. The van der Waals surface area contributed by atoms with Gasteiger partial charge in [-0.3, -0.25) is 0 Å². The van der Waals surface area contributed by atoms with Crippen molar-refractivity contribution in [3.05, 3.63) is 35.9 Å². The largest absolute Gasteiger partial charge is 0.459 e. The monoisotopic (exact) mass is 298 g/mol. The van der Waals surface area contributed by atoms with E-state index in [0.717, 1.165) is 0 Å². The summed E-state index contributed by atoms with van der Waals surface area (Å²) in [6.07, 6.45) is -4.62. The first kappa shape index (κ1) is 15.9. The van der Waals surface area contributed by atoms with Gasteiger partial charge < -0.3 is 19.3 Å². The molecule has 0 bridgehead atoms. The lowest BCUT2D eigenvalue weighted by Crippen LogP contribution is -2.53. The van der Waals surface area contributed by atoms with Crippen molar-refractivity contribution < 1.29 is 28.5 Å². The Hall–Kier alpha value is -1.50. The minimum Gasteiger partial charge on any atom is -0.459 e. The number of esters is 1. The molecule has 116 valence electrons. The van der Waals surface area contributed by atoms with Gasteiger partial charge in [0.1, 0.15) is 12.7 Å². The highest BCUT2D eigenvalue weighted by atomic mass is 19.1. The SMILES string of the molecule is COC1OC(COC(=O)c2ccccc2)C(F)C(O)C1C. The number of alkyl halides is 1. The molecular weight excluding hydrogens is 279 g/mol. The lowest BCUT2D eigenvalue weighted by atomic mass is 9.93. The fourth-order valence-electron chi connectivity index (χ4n) is 2.26. The Morgan fingerprint density at radius 1 is 1.38 bits per heavy atom. The molecule has 0 spiro atoms. The van der Waals surface area contributed by atoms with E-state index >= 15 is 0 Å². The lowest BCUT2D eigenvalue weighted by Gasteiger charge is -2.39. The maximum Gasteiger partial charge on any atom is 0.338 e. The standard InChI is InChI=1S/C15H19FO5/c1-9-13(17)12(16)11(21-15(9)19-2)8-20-14(18)10-6-4-3-5-7-10/h3-7,9,11-13,15,17H,8H2,1-2H3. The Kier molecular flexibility index (Phi) is 5.27. The average Bonchev–Trinajstić information content (AvgIpc) is 2.52. The normalized spacial score (nSPS) is 32.7. The Morgan fingerprint density at radius 2 is 2.05 bits per heavy atom. The minimum absolute atomic E-state index is 0.279. The van der Waals surface area contributed by atoms with Crippen molar-refractivity contribution >= 4 is 5.97 Å². The van der Waals surface area contributed by atoms with E-state index in [-0.39, 0.29) is 6.61 Å². The first-order valence-electron chi connectivity index (χ1n) is 6.77. The first-order valence-corrected chi connectivity index (χ1v) is 6.77. The fourth-order valence-corrected chi connectivity index (χ4v) is 2.26. The zero-order valence-corrected chi connectivity index (χ0v) is 11.9. The van der Waals surface area contributed by atoms with Crippen LogP contribution in [0, 0.1) is 5.92 Å². The summed E-state index contributed by atoms with van der Waals surface area (Å²) in [5, 5.41) is 9.82. The van der Waals surface area contributed by atoms with E-state index in [9.17, 15) is 14.3 Å². The second-order valence-corrected chi connectivity index (χ2v) is 5.04. The molecule has 1 aliphatic rings. The van der Waals surface area contributed by atoms with E-state index in [2.05, 4.69) is 0 Å². The summed E-state index contributed by atoms with van der Waals surface area (Å²) >= 11 is 0. The van der Waals surface area contributed by atoms with Crippen LogP contribution in [0.1, 0.15) is 17.3 Å². The second-order valence-electron chi connectivity index (χ2n) is 5.04. The molecule has 0 radical (unpaired) electrons. The molecule has 0 aromatic heterocycles. The number of aliphatic hydroxyl groups is 1. The topological polar surface area (TPSA) is 65.0 Å². The Morgan fingerprint density at radius 3 is 2.67 bits per heavy atom. The van der Waals surface area contributed by atoms with Crippen LogP contribution in [0.3, 0.4) is 0 Å². The molecule has 6 heteroatoms. The number of hydrogen-bond acceptors (Lipinski definition) is 5. The van der Waals surface area contributed by atoms with E-state index < -0.39 is 36.6 Å². The third-order valence-corrected chi connectivity index (χ3v) is 3.58. The van der Waals surface area contributed by atoms with E-state index in [4.69, 9.17) is 14.2 Å². The van der Waals surface area contributed by atoms with Crippen LogP contribution in [0.5, 0.6) is 0 Å². The average molecular weight is 298 g/mol. The van der Waals surface area contributed by atoms with Crippen LogP contribution >= 0.6 is 0 Å². The molecule has 1 aliphatic heterocycles. The zero-order chi connectivity index (χ0) is 15.4. The number of hydrogen-bond donors (Lipinski definition) is 1. The molecule has 1 aromatic rings. The van der Waals surface area contributed by atoms with Crippen LogP contribution in [-0.2, 0) is 14.2 Å². The van der Waals surface area contributed by atoms with E-state index in [1.54, 1.807) is 37.3 Å². The van der Waals surface area contributed by atoms with Crippen molar-refractivity contribution in [2.75, 3.05) is 13.7 Å². The fraction of sp³-hybridized carbons (Fsp3) is 0.533. The quantitative estimate of drug-likeness (QED) is 0.854. The highest BCUT2D eigenvalue weighted by Crippen LogP contribution is 2.28. The van der Waals surface area contributed by atoms with Crippen LogP contribution in [0.15, 0.2) is 30.3 Å². The van der Waals surface area contributed by atoms with Crippen molar-refractivity contribution in [2.24, 2.45) is 5.92 Å². The number of aliphatic hydroxyl groups excluding tert-OH is 1.